The Labute approximate surface area is 198 Å². The molecule has 31 heavy (non-hydrogen) atoms. The number of anilines is 1. The van der Waals surface area contributed by atoms with Crippen molar-refractivity contribution in [2.75, 3.05) is 11.9 Å². The van der Waals surface area contributed by atoms with Gasteiger partial charge in [0.25, 0.3) is 5.91 Å². The molecule has 0 bridgehead atoms. The van der Waals surface area contributed by atoms with Crippen molar-refractivity contribution in [1.29, 1.82) is 0 Å². The minimum absolute atomic E-state index is 0. The van der Waals surface area contributed by atoms with E-state index in [1.807, 2.05) is 77.1 Å². The van der Waals surface area contributed by atoms with Crippen molar-refractivity contribution in [2.24, 2.45) is 7.05 Å². The van der Waals surface area contributed by atoms with Gasteiger partial charge in [0.15, 0.2) is 11.0 Å². The van der Waals surface area contributed by atoms with E-state index >= 15 is 0 Å². The minimum Gasteiger partial charge on any atom is -1.00 e. The van der Waals surface area contributed by atoms with Crippen LogP contribution >= 0.6 is 0 Å². The second kappa shape index (κ2) is 10.4. The highest BCUT2D eigenvalue weighted by Crippen LogP contribution is 2.20. The first-order valence-electron chi connectivity index (χ1n) is 9.81. The number of amides is 1. The average molecular weight is 529 g/mol. The first-order chi connectivity index (χ1) is 14.6. The molecular formula is C24H24IN3O3. The number of imidazole rings is 1. The molecule has 1 atom stereocenters. The van der Waals surface area contributed by atoms with Crippen molar-refractivity contribution in [3.8, 4) is 5.75 Å². The maximum Gasteiger partial charge on any atom is 0.259 e. The summed E-state index contributed by atoms with van der Waals surface area (Å²) in [6.07, 6.45) is 1.22. The van der Waals surface area contributed by atoms with E-state index in [0.29, 0.717) is 23.5 Å². The molecular weight excluding hydrogens is 505 g/mol. The van der Waals surface area contributed by atoms with Crippen LogP contribution < -0.4 is 38.6 Å². The Morgan fingerprint density at radius 2 is 1.71 bits per heavy atom. The Hall–Kier alpha value is -2.91. The van der Waals surface area contributed by atoms with Crippen LogP contribution in [0.25, 0.3) is 11.0 Å². The van der Waals surface area contributed by atoms with Crippen molar-refractivity contribution in [3.63, 3.8) is 0 Å². The van der Waals surface area contributed by atoms with E-state index in [0.717, 1.165) is 11.0 Å². The summed E-state index contributed by atoms with van der Waals surface area (Å²) in [6.45, 7) is 0.464. The zero-order valence-corrected chi connectivity index (χ0v) is 19.3. The molecule has 1 heterocycles. The fraction of sp³-hybridized carbons (Fsp3) is 0.167. The fourth-order valence-electron chi connectivity index (χ4n) is 3.45. The standard InChI is InChI=1S/C24H23N3O3.HI/c1-26-17-27(22-13-7-6-12-21(22)26)15-19(28)16-30-23-14-8-5-11-20(23)24(29)25-18-9-3-2-4-10-18;/h2-14,17,19,28H,15-16H2,1H3;1H. The summed E-state index contributed by atoms with van der Waals surface area (Å²) in [5, 5.41) is 13.4. The SMILES string of the molecule is C[n+]1cn(CC(O)COc2ccccc2C(=O)Nc2ccccc2)c2ccccc21.[I-]. The second-order valence-electron chi connectivity index (χ2n) is 7.15. The molecule has 1 amide bonds. The summed E-state index contributed by atoms with van der Waals surface area (Å²) in [5.74, 6) is 0.183. The predicted octanol–water partition coefficient (Wildman–Crippen LogP) is 0.162. The lowest BCUT2D eigenvalue weighted by atomic mass is 10.2. The van der Waals surface area contributed by atoms with Gasteiger partial charge in [-0.2, -0.15) is 0 Å². The molecule has 160 valence electrons. The van der Waals surface area contributed by atoms with E-state index in [1.54, 1.807) is 24.3 Å². The highest BCUT2D eigenvalue weighted by molar-refractivity contribution is 6.06. The third-order valence-electron chi connectivity index (χ3n) is 4.89. The number of ether oxygens (including phenoxy) is 1. The molecule has 0 aliphatic carbocycles. The largest absolute Gasteiger partial charge is 1.00 e. The van der Waals surface area contributed by atoms with Crippen molar-refractivity contribution in [3.05, 3.63) is 90.8 Å². The van der Waals surface area contributed by atoms with E-state index in [-0.39, 0.29) is 36.5 Å². The molecule has 1 unspecified atom stereocenters. The topological polar surface area (TPSA) is 67.4 Å². The van der Waals surface area contributed by atoms with Crippen LogP contribution in [-0.4, -0.2) is 28.3 Å². The number of aliphatic hydroxyl groups excluding tert-OH is 1. The Morgan fingerprint density at radius 1 is 1.03 bits per heavy atom. The van der Waals surface area contributed by atoms with Crippen LogP contribution in [0.3, 0.4) is 0 Å². The maximum absolute atomic E-state index is 12.7. The number of fused-ring (bicyclic) bond motifs is 1. The van der Waals surface area contributed by atoms with Crippen LogP contribution in [0.4, 0.5) is 5.69 Å². The number of hydrogen-bond donors (Lipinski definition) is 2. The van der Waals surface area contributed by atoms with Crippen LogP contribution in [0.5, 0.6) is 5.75 Å². The Morgan fingerprint density at radius 3 is 2.52 bits per heavy atom. The Balaban J connectivity index is 0.00000272. The van der Waals surface area contributed by atoms with Gasteiger partial charge in [-0.3, -0.25) is 4.79 Å². The summed E-state index contributed by atoms with van der Waals surface area (Å²) in [4.78, 5) is 12.7. The average Bonchev–Trinajstić information content (AvgIpc) is 3.08. The van der Waals surface area contributed by atoms with Gasteiger partial charge in [0.1, 0.15) is 25.0 Å². The lowest BCUT2D eigenvalue weighted by Crippen LogP contribution is -3.00. The molecule has 0 aliphatic rings. The first-order valence-corrected chi connectivity index (χ1v) is 9.81. The zero-order chi connectivity index (χ0) is 20.9. The molecule has 6 nitrogen and oxygen atoms in total. The van der Waals surface area contributed by atoms with Crippen LogP contribution in [-0.2, 0) is 13.6 Å². The third-order valence-corrected chi connectivity index (χ3v) is 4.89. The van der Waals surface area contributed by atoms with Crippen molar-refractivity contribution < 1.29 is 43.2 Å². The summed E-state index contributed by atoms with van der Waals surface area (Å²) in [6, 6.07) is 24.3. The highest BCUT2D eigenvalue weighted by atomic mass is 127. The van der Waals surface area contributed by atoms with Gasteiger partial charge in [0.2, 0.25) is 6.33 Å². The van der Waals surface area contributed by atoms with Gasteiger partial charge in [-0.15, -0.1) is 0 Å². The summed E-state index contributed by atoms with van der Waals surface area (Å²) in [7, 11) is 1.98. The van der Waals surface area contributed by atoms with E-state index in [2.05, 4.69) is 5.32 Å². The van der Waals surface area contributed by atoms with E-state index in [4.69, 9.17) is 4.74 Å². The number of benzene rings is 3. The molecule has 4 aromatic rings. The van der Waals surface area contributed by atoms with Crippen molar-refractivity contribution in [1.82, 2.24) is 4.57 Å². The number of nitrogens with zero attached hydrogens (tertiary/aromatic N) is 2. The summed E-state index contributed by atoms with van der Waals surface area (Å²) in [5.41, 5.74) is 3.27. The lowest BCUT2D eigenvalue weighted by molar-refractivity contribution is -0.645. The van der Waals surface area contributed by atoms with Crippen LogP contribution in [0.1, 0.15) is 10.4 Å². The number of nitrogens with one attached hydrogen (secondary N) is 1. The Kier molecular flexibility index (Phi) is 7.64. The number of aromatic nitrogens is 2. The predicted molar refractivity (Wildman–Crippen MR) is 115 cm³/mol. The summed E-state index contributed by atoms with van der Waals surface area (Å²) >= 11 is 0. The molecule has 7 heteroatoms. The van der Waals surface area contributed by atoms with Crippen LogP contribution in [0.2, 0.25) is 0 Å². The molecule has 0 radical (unpaired) electrons. The number of aliphatic hydroxyl groups is 1. The lowest BCUT2D eigenvalue weighted by Gasteiger charge is -2.14. The third kappa shape index (κ3) is 5.42. The van der Waals surface area contributed by atoms with Crippen LogP contribution in [0.15, 0.2) is 85.2 Å². The molecule has 3 aromatic carbocycles. The van der Waals surface area contributed by atoms with Gasteiger partial charge in [-0.25, -0.2) is 9.13 Å². The number of halogens is 1. The van der Waals surface area contributed by atoms with Gasteiger partial charge in [0.05, 0.1) is 12.6 Å². The van der Waals surface area contributed by atoms with Gasteiger partial charge in [0, 0.05) is 5.69 Å². The first kappa shape index (κ1) is 22.8. The van der Waals surface area contributed by atoms with Crippen LogP contribution in [0, 0.1) is 0 Å². The highest BCUT2D eigenvalue weighted by Gasteiger charge is 2.18. The molecule has 0 saturated heterocycles. The number of rotatable bonds is 7. The molecule has 2 N–H and O–H groups in total. The smallest absolute Gasteiger partial charge is 0.259 e. The van der Waals surface area contributed by atoms with Gasteiger partial charge in [-0.05, 0) is 36.4 Å². The second-order valence-corrected chi connectivity index (χ2v) is 7.15. The maximum atomic E-state index is 12.7. The van der Waals surface area contributed by atoms with Gasteiger partial charge >= 0.3 is 0 Å². The molecule has 0 saturated carbocycles. The number of carbonyl (C=O) groups excluding carboxylic acids is 1. The zero-order valence-electron chi connectivity index (χ0n) is 17.1. The number of aryl methyl sites for hydroxylation is 1. The van der Waals surface area contributed by atoms with Gasteiger partial charge < -0.3 is 39.1 Å². The van der Waals surface area contributed by atoms with Crippen molar-refractivity contribution in [2.45, 2.75) is 12.6 Å². The van der Waals surface area contributed by atoms with E-state index in [9.17, 15) is 9.90 Å². The quantitative estimate of drug-likeness (QED) is 0.265. The fourth-order valence-corrected chi connectivity index (χ4v) is 3.45. The van der Waals surface area contributed by atoms with Crippen molar-refractivity contribution >= 4 is 22.6 Å². The van der Waals surface area contributed by atoms with Gasteiger partial charge in [-0.1, -0.05) is 42.5 Å². The number of carbonyl (C=O) groups is 1. The summed E-state index contributed by atoms with van der Waals surface area (Å²) < 4.78 is 9.84. The molecule has 0 aliphatic heterocycles. The molecule has 1 aromatic heterocycles. The molecule has 0 fully saturated rings. The normalized spacial score (nSPS) is 11.5. The Bertz CT molecular complexity index is 1160. The number of hydrogen-bond acceptors (Lipinski definition) is 3. The minimum atomic E-state index is -0.731. The monoisotopic (exact) mass is 529 g/mol. The van der Waals surface area contributed by atoms with E-state index < -0.39 is 6.10 Å². The number of para-hydroxylation sites is 4. The molecule has 0 spiro atoms. The van der Waals surface area contributed by atoms with E-state index in [1.165, 1.54) is 0 Å². The molecule has 4 rings (SSSR count).